The molecule has 0 radical (unpaired) electrons. The van der Waals surface area contributed by atoms with Gasteiger partial charge in [0.2, 0.25) is 11.1 Å². The number of carbonyl (C=O) groups is 1. The summed E-state index contributed by atoms with van der Waals surface area (Å²) in [5.41, 5.74) is 3.98. The van der Waals surface area contributed by atoms with Crippen LogP contribution in [-0.2, 0) is 10.5 Å². The second-order valence-corrected chi connectivity index (χ2v) is 11.2. The summed E-state index contributed by atoms with van der Waals surface area (Å²) in [6.45, 7) is 6.38. The van der Waals surface area contributed by atoms with Gasteiger partial charge in [-0.1, -0.05) is 55.4 Å². The number of hydrogen-bond donors (Lipinski definition) is 1. The van der Waals surface area contributed by atoms with Crippen LogP contribution < -0.4 is 5.32 Å². The Bertz CT molecular complexity index is 1210. The molecule has 31 heavy (non-hydrogen) atoms. The maximum atomic E-state index is 13.3. The van der Waals surface area contributed by atoms with E-state index in [4.69, 9.17) is 21.7 Å². The van der Waals surface area contributed by atoms with Gasteiger partial charge in [-0.25, -0.2) is 4.68 Å². The predicted octanol–water partition coefficient (Wildman–Crippen LogP) is 6.25. The maximum Gasteiger partial charge on any atom is 0.227 e. The Labute approximate surface area is 194 Å². The zero-order chi connectivity index (χ0) is 21.8. The molecule has 0 saturated carbocycles. The molecule has 160 valence electrons. The summed E-state index contributed by atoms with van der Waals surface area (Å²) in [5.74, 6) is 1.58. The first kappa shape index (κ1) is 20.8. The van der Waals surface area contributed by atoms with Gasteiger partial charge in [0.15, 0.2) is 5.78 Å². The van der Waals surface area contributed by atoms with Crippen molar-refractivity contribution in [3.05, 3.63) is 68.0 Å². The van der Waals surface area contributed by atoms with E-state index in [-0.39, 0.29) is 17.2 Å². The van der Waals surface area contributed by atoms with E-state index >= 15 is 0 Å². The van der Waals surface area contributed by atoms with Crippen molar-refractivity contribution in [3.63, 3.8) is 0 Å². The molecular formula is C23H23ClN4OS2. The highest BCUT2D eigenvalue weighted by Gasteiger charge is 2.42. The lowest BCUT2D eigenvalue weighted by Gasteiger charge is -2.38. The van der Waals surface area contributed by atoms with E-state index < -0.39 is 0 Å². The number of nitrogens with zero attached hydrogens (tertiary/aromatic N) is 3. The lowest BCUT2D eigenvalue weighted by atomic mass is 9.73. The highest BCUT2D eigenvalue weighted by atomic mass is 35.5. The number of allylic oxidation sites excluding steroid dienone is 2. The van der Waals surface area contributed by atoms with Crippen molar-refractivity contribution in [2.75, 3.05) is 5.32 Å². The molecular weight excluding hydrogens is 448 g/mol. The van der Waals surface area contributed by atoms with Crippen LogP contribution in [0.15, 0.2) is 52.1 Å². The van der Waals surface area contributed by atoms with E-state index in [1.807, 2.05) is 28.9 Å². The molecule has 1 aliphatic heterocycles. The summed E-state index contributed by atoms with van der Waals surface area (Å²) in [7, 11) is 0. The van der Waals surface area contributed by atoms with Crippen molar-refractivity contribution >= 4 is 46.4 Å². The number of ketones is 1. The SMILES string of the molecule is Cc1ccsc1C1C2=C(CC(C)(C)CC2=O)Nc2nc(SCc3ccccc3Cl)nn21. The summed E-state index contributed by atoms with van der Waals surface area (Å²) in [6.07, 6.45) is 1.37. The van der Waals surface area contributed by atoms with Crippen LogP contribution >= 0.6 is 34.7 Å². The number of carbonyl (C=O) groups excluding carboxylic acids is 1. The number of thiophene rings is 1. The van der Waals surface area contributed by atoms with Gasteiger partial charge in [0.25, 0.3) is 0 Å². The Kier molecular flexibility index (Phi) is 5.23. The van der Waals surface area contributed by atoms with Gasteiger partial charge < -0.3 is 5.32 Å². The lowest BCUT2D eigenvalue weighted by Crippen LogP contribution is -2.36. The normalized spacial score (nSPS) is 19.7. The molecule has 0 fully saturated rings. The molecule has 1 N–H and O–H groups in total. The maximum absolute atomic E-state index is 13.3. The molecule has 5 nitrogen and oxygen atoms in total. The van der Waals surface area contributed by atoms with Gasteiger partial charge in [0.05, 0.1) is 0 Å². The third-order valence-corrected chi connectivity index (χ3v) is 8.10. The van der Waals surface area contributed by atoms with Crippen LogP contribution in [0.2, 0.25) is 5.02 Å². The minimum atomic E-state index is -0.225. The van der Waals surface area contributed by atoms with Crippen LogP contribution in [-0.4, -0.2) is 20.5 Å². The molecule has 2 aromatic heterocycles. The monoisotopic (exact) mass is 470 g/mol. The van der Waals surface area contributed by atoms with Crippen LogP contribution in [0, 0.1) is 12.3 Å². The fraction of sp³-hybridized carbons (Fsp3) is 0.348. The second-order valence-electron chi connectivity index (χ2n) is 8.87. The van der Waals surface area contributed by atoms with E-state index in [0.29, 0.717) is 23.3 Å². The molecule has 3 heterocycles. The zero-order valence-electron chi connectivity index (χ0n) is 17.6. The molecule has 8 heteroatoms. The number of nitrogens with one attached hydrogen (secondary N) is 1. The van der Waals surface area contributed by atoms with Crippen molar-refractivity contribution < 1.29 is 4.79 Å². The fourth-order valence-electron chi connectivity index (χ4n) is 4.32. The minimum absolute atomic E-state index is 0.0677. The first-order valence-corrected chi connectivity index (χ1v) is 12.5. The number of halogens is 1. The molecule has 2 aliphatic rings. The summed E-state index contributed by atoms with van der Waals surface area (Å²) in [4.78, 5) is 19.2. The number of hydrogen-bond acceptors (Lipinski definition) is 6. The number of thioether (sulfide) groups is 1. The number of anilines is 1. The molecule has 1 aliphatic carbocycles. The van der Waals surface area contributed by atoms with Gasteiger partial charge >= 0.3 is 0 Å². The number of benzene rings is 1. The van der Waals surface area contributed by atoms with Crippen LogP contribution in [0.4, 0.5) is 5.95 Å². The Balaban J connectivity index is 1.53. The molecule has 0 saturated heterocycles. The van der Waals surface area contributed by atoms with Crippen LogP contribution in [0.1, 0.15) is 48.7 Å². The summed E-state index contributed by atoms with van der Waals surface area (Å²) < 4.78 is 1.89. The number of rotatable bonds is 4. The predicted molar refractivity (Wildman–Crippen MR) is 127 cm³/mol. The lowest BCUT2D eigenvalue weighted by molar-refractivity contribution is -0.118. The molecule has 5 rings (SSSR count). The first-order chi connectivity index (χ1) is 14.8. The van der Waals surface area contributed by atoms with Crippen molar-refractivity contribution in [2.24, 2.45) is 5.41 Å². The number of aromatic nitrogens is 3. The standard InChI is InChI=1S/C23H23ClN4OS2/c1-13-8-9-30-20(13)19-18-16(10-23(2,3)11-17(18)29)25-21-26-22(27-28(19)21)31-12-14-6-4-5-7-15(14)24/h4-9,19H,10-12H2,1-3H3,(H,25,26,27). The quantitative estimate of drug-likeness (QED) is 0.456. The Hall–Kier alpha value is -2.09. The van der Waals surface area contributed by atoms with E-state index in [0.717, 1.165) is 33.2 Å². The van der Waals surface area contributed by atoms with E-state index in [1.165, 1.54) is 5.56 Å². The smallest absolute Gasteiger partial charge is 0.227 e. The minimum Gasteiger partial charge on any atom is -0.328 e. The molecule has 3 aromatic rings. The molecule has 1 atom stereocenters. The van der Waals surface area contributed by atoms with Gasteiger partial charge in [0, 0.05) is 33.3 Å². The molecule has 0 bridgehead atoms. The third kappa shape index (κ3) is 3.83. The van der Waals surface area contributed by atoms with Crippen LogP contribution in [0.5, 0.6) is 0 Å². The summed E-state index contributed by atoms with van der Waals surface area (Å²) >= 11 is 9.53. The number of aryl methyl sites for hydroxylation is 1. The summed E-state index contributed by atoms with van der Waals surface area (Å²) in [6, 6.07) is 9.70. The van der Waals surface area contributed by atoms with Crippen LogP contribution in [0.25, 0.3) is 0 Å². The number of Topliss-reactive ketones (excluding diaryl/α,β-unsaturated/α-hetero) is 1. The molecule has 0 spiro atoms. The van der Waals surface area contributed by atoms with Crippen molar-refractivity contribution in [2.45, 2.75) is 50.6 Å². The van der Waals surface area contributed by atoms with Gasteiger partial charge in [-0.15, -0.1) is 16.4 Å². The van der Waals surface area contributed by atoms with Crippen molar-refractivity contribution in [3.8, 4) is 0 Å². The van der Waals surface area contributed by atoms with E-state index in [9.17, 15) is 4.79 Å². The first-order valence-electron chi connectivity index (χ1n) is 10.2. The average molecular weight is 471 g/mol. The van der Waals surface area contributed by atoms with Gasteiger partial charge in [0.1, 0.15) is 6.04 Å². The van der Waals surface area contributed by atoms with Crippen molar-refractivity contribution in [1.29, 1.82) is 0 Å². The Morgan fingerprint density at radius 1 is 1.29 bits per heavy atom. The highest BCUT2D eigenvalue weighted by molar-refractivity contribution is 7.98. The molecule has 0 amide bonds. The van der Waals surface area contributed by atoms with Gasteiger partial charge in [-0.3, -0.25) is 4.79 Å². The Morgan fingerprint density at radius 3 is 2.84 bits per heavy atom. The molecule has 1 aromatic carbocycles. The van der Waals surface area contributed by atoms with Gasteiger partial charge in [-0.05, 0) is 47.4 Å². The van der Waals surface area contributed by atoms with E-state index in [1.54, 1.807) is 23.1 Å². The van der Waals surface area contributed by atoms with E-state index in [2.05, 4.69) is 37.5 Å². The van der Waals surface area contributed by atoms with Gasteiger partial charge in [-0.2, -0.15) is 4.98 Å². The highest BCUT2D eigenvalue weighted by Crippen LogP contribution is 2.47. The topological polar surface area (TPSA) is 59.8 Å². The Morgan fingerprint density at radius 2 is 2.10 bits per heavy atom. The molecule has 1 unspecified atom stereocenters. The largest absolute Gasteiger partial charge is 0.328 e. The van der Waals surface area contributed by atoms with Crippen LogP contribution in [0.3, 0.4) is 0 Å². The average Bonchev–Trinajstić information content (AvgIpc) is 3.30. The third-order valence-electron chi connectivity index (χ3n) is 5.78. The summed E-state index contributed by atoms with van der Waals surface area (Å²) in [5, 5.41) is 11.8. The number of fused-ring (bicyclic) bond motifs is 1. The van der Waals surface area contributed by atoms with Crippen molar-refractivity contribution in [1.82, 2.24) is 14.8 Å². The fourth-order valence-corrected chi connectivity index (χ4v) is 6.45. The second kappa shape index (κ2) is 7.80. The zero-order valence-corrected chi connectivity index (χ0v) is 20.0.